The molecule has 1 aliphatic rings. The van der Waals surface area contributed by atoms with Gasteiger partial charge < -0.3 is 14.4 Å². The van der Waals surface area contributed by atoms with Gasteiger partial charge in [0.1, 0.15) is 5.84 Å². The summed E-state index contributed by atoms with van der Waals surface area (Å²) in [4.78, 5) is 6.52. The summed E-state index contributed by atoms with van der Waals surface area (Å²) in [5.74, 6) is 2.08. The minimum absolute atomic E-state index is 0.541. The Morgan fingerprint density at radius 1 is 1.29 bits per heavy atom. The number of likely N-dealkylation sites (N-methyl/N-ethyl adjacent to an activating group) is 1. The minimum atomic E-state index is 0.541. The van der Waals surface area contributed by atoms with E-state index in [1.54, 1.807) is 14.2 Å². The molecule has 1 aliphatic heterocycles. The maximum atomic E-state index is 6.33. The van der Waals surface area contributed by atoms with E-state index in [-0.39, 0.29) is 0 Å². The molecular weight excluding hydrogens is 240 g/mol. The highest BCUT2D eigenvalue weighted by Gasteiger charge is 2.21. The zero-order valence-electron chi connectivity index (χ0n) is 10.2. The first-order valence-electron chi connectivity index (χ1n) is 5.35. The molecule has 0 saturated carbocycles. The van der Waals surface area contributed by atoms with Crippen LogP contribution in [0.15, 0.2) is 17.1 Å². The van der Waals surface area contributed by atoms with Crippen LogP contribution >= 0.6 is 11.6 Å². The van der Waals surface area contributed by atoms with Crippen LogP contribution in [0, 0.1) is 0 Å². The van der Waals surface area contributed by atoms with Gasteiger partial charge in [0.15, 0.2) is 11.5 Å². The van der Waals surface area contributed by atoms with Gasteiger partial charge in [-0.05, 0) is 12.1 Å². The van der Waals surface area contributed by atoms with Crippen LogP contribution < -0.4 is 9.47 Å². The third-order valence-corrected chi connectivity index (χ3v) is 3.16. The van der Waals surface area contributed by atoms with Crippen LogP contribution in [0.4, 0.5) is 0 Å². The molecule has 17 heavy (non-hydrogen) atoms. The lowest BCUT2D eigenvalue weighted by atomic mass is 10.1. The van der Waals surface area contributed by atoms with Crippen molar-refractivity contribution in [1.82, 2.24) is 4.90 Å². The van der Waals surface area contributed by atoms with E-state index < -0.39 is 0 Å². The second-order valence-electron chi connectivity index (χ2n) is 3.79. The fourth-order valence-corrected chi connectivity index (χ4v) is 2.20. The van der Waals surface area contributed by atoms with Crippen molar-refractivity contribution in [1.29, 1.82) is 0 Å². The van der Waals surface area contributed by atoms with Crippen LogP contribution in [0.25, 0.3) is 0 Å². The molecule has 2 rings (SSSR count). The maximum absolute atomic E-state index is 6.33. The first-order valence-corrected chi connectivity index (χ1v) is 5.73. The minimum Gasteiger partial charge on any atom is -0.493 e. The molecule has 0 saturated heterocycles. The molecule has 0 aromatic heterocycles. The summed E-state index contributed by atoms with van der Waals surface area (Å²) in [6, 6.07) is 3.75. The van der Waals surface area contributed by atoms with Crippen molar-refractivity contribution in [3.8, 4) is 11.5 Å². The van der Waals surface area contributed by atoms with Gasteiger partial charge in [-0.15, -0.1) is 0 Å². The second kappa shape index (κ2) is 4.84. The van der Waals surface area contributed by atoms with Crippen molar-refractivity contribution in [2.75, 3.05) is 34.4 Å². The standard InChI is InChI=1S/C12H15ClN2O2/c1-15-7-6-14-12(15)8-4-5-9(16-2)11(17-3)10(8)13/h4-5H,6-7H2,1-3H3. The Morgan fingerprint density at radius 3 is 2.59 bits per heavy atom. The van der Waals surface area contributed by atoms with Crippen LogP contribution in [-0.2, 0) is 0 Å². The summed E-state index contributed by atoms with van der Waals surface area (Å²) in [6.45, 7) is 1.72. The monoisotopic (exact) mass is 254 g/mol. The molecule has 0 amide bonds. The number of methoxy groups -OCH3 is 2. The van der Waals surface area contributed by atoms with Crippen molar-refractivity contribution in [3.05, 3.63) is 22.7 Å². The Kier molecular flexibility index (Phi) is 3.43. The van der Waals surface area contributed by atoms with Crippen LogP contribution in [0.5, 0.6) is 11.5 Å². The average molecular weight is 255 g/mol. The number of nitrogens with zero attached hydrogens (tertiary/aromatic N) is 2. The van der Waals surface area contributed by atoms with Gasteiger partial charge in [0, 0.05) is 19.2 Å². The zero-order valence-corrected chi connectivity index (χ0v) is 10.9. The SMILES string of the molecule is COc1ccc(C2=NCCN2C)c(Cl)c1OC. The fraction of sp³-hybridized carbons (Fsp3) is 0.417. The van der Waals surface area contributed by atoms with E-state index in [1.165, 1.54) is 0 Å². The van der Waals surface area contributed by atoms with Gasteiger partial charge in [-0.25, -0.2) is 0 Å². The van der Waals surface area contributed by atoms with E-state index in [2.05, 4.69) is 9.89 Å². The fourth-order valence-electron chi connectivity index (χ4n) is 1.89. The molecule has 0 atom stereocenters. The smallest absolute Gasteiger partial charge is 0.180 e. The van der Waals surface area contributed by atoms with E-state index in [9.17, 15) is 0 Å². The van der Waals surface area contributed by atoms with Gasteiger partial charge in [-0.3, -0.25) is 4.99 Å². The molecule has 1 aromatic rings. The number of rotatable bonds is 3. The zero-order chi connectivity index (χ0) is 12.4. The lowest BCUT2D eigenvalue weighted by molar-refractivity contribution is 0.355. The summed E-state index contributed by atoms with van der Waals surface area (Å²) in [5.41, 5.74) is 0.879. The highest BCUT2D eigenvalue weighted by Crippen LogP contribution is 2.38. The van der Waals surface area contributed by atoms with Gasteiger partial charge in [0.25, 0.3) is 0 Å². The predicted octanol–water partition coefficient (Wildman–Crippen LogP) is 2.05. The van der Waals surface area contributed by atoms with E-state index in [1.807, 2.05) is 19.2 Å². The summed E-state index contributed by atoms with van der Waals surface area (Å²) in [7, 11) is 5.17. The lowest BCUT2D eigenvalue weighted by Crippen LogP contribution is -2.23. The molecule has 0 fully saturated rings. The quantitative estimate of drug-likeness (QED) is 0.828. The number of amidine groups is 1. The average Bonchev–Trinajstić information content (AvgIpc) is 2.75. The Balaban J connectivity index is 2.49. The largest absolute Gasteiger partial charge is 0.493 e. The third-order valence-electron chi connectivity index (χ3n) is 2.78. The Hall–Kier alpha value is -1.42. The van der Waals surface area contributed by atoms with Crippen molar-refractivity contribution in [3.63, 3.8) is 0 Å². The maximum Gasteiger partial charge on any atom is 0.180 e. The van der Waals surface area contributed by atoms with E-state index in [0.29, 0.717) is 16.5 Å². The number of hydrogen-bond donors (Lipinski definition) is 0. The lowest BCUT2D eigenvalue weighted by Gasteiger charge is -2.17. The van der Waals surface area contributed by atoms with Crippen molar-refractivity contribution >= 4 is 17.4 Å². The first kappa shape index (κ1) is 12.0. The highest BCUT2D eigenvalue weighted by molar-refractivity contribution is 6.35. The molecule has 0 aliphatic carbocycles. The molecule has 92 valence electrons. The topological polar surface area (TPSA) is 34.1 Å². The predicted molar refractivity (Wildman–Crippen MR) is 68.6 cm³/mol. The first-order chi connectivity index (χ1) is 8.19. The van der Waals surface area contributed by atoms with Gasteiger partial charge in [-0.2, -0.15) is 0 Å². The number of benzene rings is 1. The number of hydrogen-bond acceptors (Lipinski definition) is 4. The van der Waals surface area contributed by atoms with Crippen molar-refractivity contribution < 1.29 is 9.47 Å². The summed E-state index contributed by atoms with van der Waals surface area (Å²) in [5, 5.41) is 0.541. The molecule has 0 N–H and O–H groups in total. The Labute approximate surface area is 106 Å². The summed E-state index contributed by atoms with van der Waals surface area (Å²) < 4.78 is 10.5. The molecule has 5 heteroatoms. The Bertz CT molecular complexity index is 460. The number of aliphatic imine (C=N–C) groups is 1. The summed E-state index contributed by atoms with van der Waals surface area (Å²) >= 11 is 6.33. The second-order valence-corrected chi connectivity index (χ2v) is 4.17. The van der Waals surface area contributed by atoms with E-state index in [0.717, 1.165) is 24.5 Å². The van der Waals surface area contributed by atoms with Crippen LogP contribution in [-0.4, -0.2) is 45.1 Å². The van der Waals surface area contributed by atoms with Crippen molar-refractivity contribution in [2.45, 2.75) is 0 Å². The van der Waals surface area contributed by atoms with E-state index in [4.69, 9.17) is 21.1 Å². The van der Waals surface area contributed by atoms with Gasteiger partial charge in [0.2, 0.25) is 0 Å². The normalized spacial score (nSPS) is 14.8. The highest BCUT2D eigenvalue weighted by atomic mass is 35.5. The van der Waals surface area contributed by atoms with E-state index >= 15 is 0 Å². The van der Waals surface area contributed by atoms with Crippen LogP contribution in [0.3, 0.4) is 0 Å². The molecule has 1 aromatic carbocycles. The molecule has 0 spiro atoms. The van der Waals surface area contributed by atoms with Crippen molar-refractivity contribution in [2.24, 2.45) is 4.99 Å². The molecule has 1 heterocycles. The molecule has 0 unspecified atom stereocenters. The van der Waals surface area contributed by atoms with Gasteiger partial charge in [0.05, 0.1) is 25.8 Å². The molecule has 0 radical (unpaired) electrons. The molecule has 4 nitrogen and oxygen atoms in total. The number of halogens is 1. The third kappa shape index (κ3) is 2.05. The molecule has 0 bridgehead atoms. The van der Waals surface area contributed by atoms with Gasteiger partial charge >= 0.3 is 0 Å². The Morgan fingerprint density at radius 2 is 2.06 bits per heavy atom. The number of ether oxygens (including phenoxy) is 2. The van der Waals surface area contributed by atoms with Crippen LogP contribution in [0.1, 0.15) is 5.56 Å². The molecular formula is C12H15ClN2O2. The van der Waals surface area contributed by atoms with Crippen LogP contribution in [0.2, 0.25) is 5.02 Å². The van der Waals surface area contributed by atoms with Gasteiger partial charge in [-0.1, -0.05) is 11.6 Å². The summed E-state index contributed by atoms with van der Waals surface area (Å²) in [6.07, 6.45) is 0.